The Hall–Kier alpha value is -1.80. The number of nitrogen functional groups attached to an aromatic ring is 1. The van der Waals surface area contributed by atoms with Crippen LogP contribution in [0.15, 0.2) is 12.3 Å². The molecule has 0 amide bonds. The summed E-state index contributed by atoms with van der Waals surface area (Å²) in [7, 11) is 0. The number of nitrogens with one attached hydrogen (secondary N) is 1. The first-order valence-corrected chi connectivity index (χ1v) is 6.31. The quantitative estimate of drug-likeness (QED) is 0.775. The van der Waals surface area contributed by atoms with Gasteiger partial charge in [-0.2, -0.15) is 5.26 Å². The lowest BCUT2D eigenvalue weighted by Crippen LogP contribution is -2.16. The minimum atomic E-state index is 0.404. The van der Waals surface area contributed by atoms with Gasteiger partial charge in [-0.3, -0.25) is 0 Å². The molecule has 1 saturated carbocycles. The van der Waals surface area contributed by atoms with Gasteiger partial charge < -0.3 is 15.8 Å². The number of anilines is 2. The van der Waals surface area contributed by atoms with Crippen LogP contribution in [0.25, 0.3) is 0 Å². The number of hydrogen-bond donors (Lipinski definition) is 2. The van der Waals surface area contributed by atoms with Crippen molar-refractivity contribution >= 4 is 11.5 Å². The van der Waals surface area contributed by atoms with E-state index >= 15 is 0 Å². The van der Waals surface area contributed by atoms with Crippen molar-refractivity contribution in [3.8, 4) is 6.07 Å². The average Bonchev–Trinajstić information content (AvgIpc) is 2.89. The fourth-order valence-electron chi connectivity index (χ4n) is 2.16. The van der Waals surface area contributed by atoms with Crippen molar-refractivity contribution in [2.45, 2.75) is 31.8 Å². The molecule has 0 aromatic carbocycles. The number of nitrogens with two attached hydrogens (primary N) is 1. The molecule has 0 atom stereocenters. The molecule has 2 rings (SSSR count). The summed E-state index contributed by atoms with van der Waals surface area (Å²) in [6, 6.07) is 3.64. The lowest BCUT2D eigenvalue weighted by Gasteiger charge is -2.12. The second kappa shape index (κ2) is 6.22. The van der Waals surface area contributed by atoms with Gasteiger partial charge in [-0.25, -0.2) is 4.98 Å². The summed E-state index contributed by atoms with van der Waals surface area (Å²) in [5.41, 5.74) is 6.66. The first-order valence-electron chi connectivity index (χ1n) is 6.31. The van der Waals surface area contributed by atoms with E-state index in [1.165, 1.54) is 25.7 Å². The van der Waals surface area contributed by atoms with Crippen LogP contribution >= 0.6 is 0 Å². The van der Waals surface area contributed by atoms with Gasteiger partial charge in [-0.05, 0) is 18.9 Å². The molecule has 96 valence electrons. The van der Waals surface area contributed by atoms with E-state index in [1.807, 2.05) is 6.07 Å². The highest BCUT2D eigenvalue weighted by Crippen LogP contribution is 2.21. The lowest BCUT2D eigenvalue weighted by molar-refractivity contribution is 0.0659. The fourth-order valence-corrected chi connectivity index (χ4v) is 2.16. The Morgan fingerprint density at radius 1 is 1.50 bits per heavy atom. The summed E-state index contributed by atoms with van der Waals surface area (Å²) < 4.78 is 5.73. The Kier molecular flexibility index (Phi) is 4.37. The molecule has 0 unspecified atom stereocenters. The van der Waals surface area contributed by atoms with Gasteiger partial charge in [0.25, 0.3) is 0 Å². The van der Waals surface area contributed by atoms with Gasteiger partial charge in [0.2, 0.25) is 0 Å². The molecule has 1 aliphatic rings. The van der Waals surface area contributed by atoms with Crippen LogP contribution in [0.2, 0.25) is 0 Å². The van der Waals surface area contributed by atoms with E-state index in [1.54, 1.807) is 12.3 Å². The summed E-state index contributed by atoms with van der Waals surface area (Å²) >= 11 is 0. The van der Waals surface area contributed by atoms with Crippen LogP contribution in [0.5, 0.6) is 0 Å². The lowest BCUT2D eigenvalue weighted by atomic mass is 10.2. The van der Waals surface area contributed by atoms with Crippen LogP contribution in [0.3, 0.4) is 0 Å². The molecular weight excluding hydrogens is 228 g/mol. The fraction of sp³-hybridized carbons (Fsp3) is 0.538. The number of nitrogens with zero attached hydrogens (tertiary/aromatic N) is 2. The van der Waals surface area contributed by atoms with E-state index in [0.29, 0.717) is 36.3 Å². The van der Waals surface area contributed by atoms with Crippen LogP contribution in [-0.2, 0) is 4.74 Å². The maximum Gasteiger partial charge on any atom is 0.150 e. The molecule has 18 heavy (non-hydrogen) atoms. The number of hydrogen-bond acceptors (Lipinski definition) is 5. The van der Waals surface area contributed by atoms with Gasteiger partial charge in [0.15, 0.2) is 5.82 Å². The van der Waals surface area contributed by atoms with E-state index < -0.39 is 0 Å². The van der Waals surface area contributed by atoms with E-state index in [2.05, 4.69) is 10.3 Å². The Morgan fingerprint density at radius 3 is 3.00 bits per heavy atom. The Labute approximate surface area is 107 Å². The van der Waals surface area contributed by atoms with Gasteiger partial charge >= 0.3 is 0 Å². The normalized spacial score (nSPS) is 15.5. The molecule has 1 aromatic rings. The molecule has 0 aliphatic heterocycles. The number of pyridine rings is 1. The van der Waals surface area contributed by atoms with Crippen molar-refractivity contribution < 1.29 is 4.74 Å². The van der Waals surface area contributed by atoms with Crippen molar-refractivity contribution in [1.29, 1.82) is 5.26 Å². The molecule has 1 fully saturated rings. The number of aromatic nitrogens is 1. The highest BCUT2D eigenvalue weighted by Gasteiger charge is 2.14. The van der Waals surface area contributed by atoms with Gasteiger partial charge in [-0.1, -0.05) is 12.8 Å². The van der Waals surface area contributed by atoms with Gasteiger partial charge in [0.05, 0.1) is 24.0 Å². The molecule has 0 bridgehead atoms. The standard InChI is InChI=1S/C13H18N4O/c14-9-10-5-6-16-13(12(10)15)17-7-8-18-11-3-1-2-4-11/h5-6,11H,1-4,7-8,15H2,(H,16,17). The Morgan fingerprint density at radius 2 is 2.28 bits per heavy atom. The molecule has 5 heteroatoms. The van der Waals surface area contributed by atoms with Crippen molar-refractivity contribution in [2.75, 3.05) is 24.2 Å². The second-order valence-electron chi connectivity index (χ2n) is 4.44. The summed E-state index contributed by atoms with van der Waals surface area (Å²) in [6.07, 6.45) is 6.89. The van der Waals surface area contributed by atoms with Crippen molar-refractivity contribution in [2.24, 2.45) is 0 Å². The van der Waals surface area contributed by atoms with E-state index in [0.717, 1.165) is 0 Å². The average molecular weight is 246 g/mol. The van der Waals surface area contributed by atoms with Crippen molar-refractivity contribution in [1.82, 2.24) is 4.98 Å². The van der Waals surface area contributed by atoms with E-state index in [-0.39, 0.29) is 0 Å². The highest BCUT2D eigenvalue weighted by molar-refractivity contribution is 5.68. The van der Waals surface area contributed by atoms with Crippen molar-refractivity contribution in [3.63, 3.8) is 0 Å². The maximum atomic E-state index is 8.85. The van der Waals surface area contributed by atoms with Crippen LogP contribution in [-0.4, -0.2) is 24.2 Å². The highest BCUT2D eigenvalue weighted by atomic mass is 16.5. The summed E-state index contributed by atoms with van der Waals surface area (Å²) in [5, 5.41) is 11.9. The van der Waals surface area contributed by atoms with Crippen LogP contribution in [0.4, 0.5) is 11.5 Å². The molecular formula is C13H18N4O. The Bertz CT molecular complexity index is 435. The number of rotatable bonds is 5. The number of nitriles is 1. The van der Waals surface area contributed by atoms with Gasteiger partial charge in [0, 0.05) is 12.7 Å². The first-order chi connectivity index (χ1) is 8.81. The van der Waals surface area contributed by atoms with E-state index in [9.17, 15) is 0 Å². The second-order valence-corrected chi connectivity index (χ2v) is 4.44. The Balaban J connectivity index is 1.78. The van der Waals surface area contributed by atoms with Gasteiger partial charge in [-0.15, -0.1) is 0 Å². The zero-order valence-electron chi connectivity index (χ0n) is 10.4. The maximum absolute atomic E-state index is 8.85. The molecule has 0 radical (unpaired) electrons. The predicted molar refractivity (Wildman–Crippen MR) is 70.1 cm³/mol. The zero-order valence-corrected chi connectivity index (χ0v) is 10.4. The monoisotopic (exact) mass is 246 g/mol. The smallest absolute Gasteiger partial charge is 0.150 e. The molecule has 1 aliphatic carbocycles. The SMILES string of the molecule is N#Cc1ccnc(NCCOC2CCCC2)c1N. The number of ether oxygens (including phenoxy) is 1. The minimum absolute atomic E-state index is 0.404. The molecule has 0 spiro atoms. The summed E-state index contributed by atoms with van der Waals surface area (Å²) in [4.78, 5) is 4.11. The van der Waals surface area contributed by atoms with E-state index in [4.69, 9.17) is 15.7 Å². The third-order valence-corrected chi connectivity index (χ3v) is 3.16. The molecule has 0 saturated heterocycles. The first kappa shape index (κ1) is 12.7. The molecule has 1 aromatic heterocycles. The van der Waals surface area contributed by atoms with Crippen LogP contribution in [0.1, 0.15) is 31.2 Å². The summed E-state index contributed by atoms with van der Waals surface area (Å²) in [5.74, 6) is 0.559. The summed E-state index contributed by atoms with van der Waals surface area (Å²) in [6.45, 7) is 1.30. The third-order valence-electron chi connectivity index (χ3n) is 3.16. The third kappa shape index (κ3) is 3.11. The molecule has 3 N–H and O–H groups in total. The molecule has 1 heterocycles. The van der Waals surface area contributed by atoms with Gasteiger partial charge in [0.1, 0.15) is 6.07 Å². The molecule has 5 nitrogen and oxygen atoms in total. The predicted octanol–water partition coefficient (Wildman–Crippen LogP) is 1.91. The van der Waals surface area contributed by atoms with Crippen LogP contribution in [0, 0.1) is 11.3 Å². The van der Waals surface area contributed by atoms with Crippen molar-refractivity contribution in [3.05, 3.63) is 17.8 Å². The zero-order chi connectivity index (χ0) is 12.8. The largest absolute Gasteiger partial charge is 0.395 e. The topological polar surface area (TPSA) is 84.0 Å². The minimum Gasteiger partial charge on any atom is -0.395 e. The van der Waals surface area contributed by atoms with Crippen LogP contribution < -0.4 is 11.1 Å².